The first-order chi connectivity index (χ1) is 11.6. The lowest BCUT2D eigenvalue weighted by atomic mass is 9.92. The molecule has 8 nitrogen and oxygen atoms in total. The van der Waals surface area contributed by atoms with Gasteiger partial charge in [-0.15, -0.1) is 0 Å². The normalized spacial score (nSPS) is 29.5. The van der Waals surface area contributed by atoms with Crippen molar-refractivity contribution in [2.75, 3.05) is 13.1 Å². The molecule has 130 valence electrons. The molecule has 2 aliphatic heterocycles. The van der Waals surface area contributed by atoms with Crippen molar-refractivity contribution in [3.8, 4) is 0 Å². The number of fused-ring (bicyclic) bond motifs is 1. The van der Waals surface area contributed by atoms with Crippen molar-refractivity contribution in [2.45, 2.75) is 57.3 Å². The van der Waals surface area contributed by atoms with Crippen LogP contribution >= 0.6 is 0 Å². The van der Waals surface area contributed by atoms with Gasteiger partial charge in [0.05, 0.1) is 12.6 Å². The first-order valence-electron chi connectivity index (χ1n) is 8.78. The Morgan fingerprint density at radius 1 is 1.29 bits per heavy atom. The number of hydrogen-bond acceptors (Lipinski definition) is 4. The summed E-state index contributed by atoms with van der Waals surface area (Å²) in [5, 5.41) is 7.24. The third kappa shape index (κ3) is 2.97. The van der Waals surface area contributed by atoms with E-state index < -0.39 is 0 Å². The van der Waals surface area contributed by atoms with Crippen molar-refractivity contribution >= 4 is 11.9 Å². The van der Waals surface area contributed by atoms with Gasteiger partial charge in [-0.1, -0.05) is 0 Å². The fourth-order valence-electron chi connectivity index (χ4n) is 4.23. The van der Waals surface area contributed by atoms with E-state index in [2.05, 4.69) is 15.4 Å². The summed E-state index contributed by atoms with van der Waals surface area (Å²) in [5.74, 6) is 0.463. The number of carbonyl (C=O) groups excluding carboxylic acids is 2. The number of piperidine rings is 1. The first kappa shape index (κ1) is 15.4. The summed E-state index contributed by atoms with van der Waals surface area (Å²) in [6.45, 7) is 3.77. The lowest BCUT2D eigenvalue weighted by molar-refractivity contribution is -0.132. The molecule has 1 aliphatic carbocycles. The number of carbonyl (C=O) groups is 2. The molecule has 0 aromatic carbocycles. The lowest BCUT2D eigenvalue weighted by Crippen LogP contribution is -2.52. The van der Waals surface area contributed by atoms with Crippen molar-refractivity contribution < 1.29 is 9.59 Å². The zero-order chi connectivity index (χ0) is 16.7. The Hall–Kier alpha value is -2.12. The molecule has 1 saturated carbocycles. The van der Waals surface area contributed by atoms with Gasteiger partial charge in [-0.05, 0) is 31.6 Å². The highest BCUT2D eigenvalue weighted by atomic mass is 16.2. The highest BCUT2D eigenvalue weighted by Gasteiger charge is 2.46. The Bertz CT molecular complexity index is 614. The third-order valence-corrected chi connectivity index (χ3v) is 5.44. The van der Waals surface area contributed by atoms with Gasteiger partial charge >= 0.3 is 6.03 Å². The highest BCUT2D eigenvalue weighted by molar-refractivity contribution is 5.76. The number of nitrogens with one attached hydrogen (secondary N) is 1. The Morgan fingerprint density at radius 3 is 2.79 bits per heavy atom. The van der Waals surface area contributed by atoms with E-state index in [1.807, 2.05) is 9.80 Å². The van der Waals surface area contributed by atoms with E-state index in [0.29, 0.717) is 18.5 Å². The van der Waals surface area contributed by atoms with Gasteiger partial charge < -0.3 is 15.1 Å². The second kappa shape index (κ2) is 6.07. The Balaban J connectivity index is 1.44. The number of rotatable bonds is 3. The zero-order valence-electron chi connectivity index (χ0n) is 14.0. The van der Waals surface area contributed by atoms with Crippen LogP contribution < -0.4 is 5.32 Å². The fourth-order valence-corrected chi connectivity index (χ4v) is 4.23. The Labute approximate surface area is 141 Å². The molecule has 8 heteroatoms. The van der Waals surface area contributed by atoms with Gasteiger partial charge in [-0.2, -0.15) is 5.10 Å². The highest BCUT2D eigenvalue weighted by Crippen LogP contribution is 2.36. The van der Waals surface area contributed by atoms with Gasteiger partial charge in [0.2, 0.25) is 5.91 Å². The summed E-state index contributed by atoms with van der Waals surface area (Å²) in [5.41, 5.74) is 0. The average molecular weight is 332 g/mol. The minimum Gasteiger partial charge on any atom is -0.335 e. The number of hydrogen-bond donors (Lipinski definition) is 1. The predicted molar refractivity (Wildman–Crippen MR) is 86.0 cm³/mol. The number of urea groups is 1. The van der Waals surface area contributed by atoms with E-state index in [1.54, 1.807) is 17.9 Å². The van der Waals surface area contributed by atoms with Gasteiger partial charge in [-0.3, -0.25) is 9.48 Å². The van der Waals surface area contributed by atoms with Crippen LogP contribution in [-0.4, -0.2) is 67.7 Å². The van der Waals surface area contributed by atoms with Crippen molar-refractivity contribution in [1.82, 2.24) is 29.9 Å². The SMILES string of the molecule is CC(=O)N1[C@H](Cn2cncn2)C[C@@H]2CN(C(=O)NC3CC3)CC[C@@H]21. The molecule has 24 heavy (non-hydrogen) atoms. The maximum absolute atomic E-state index is 12.3. The van der Waals surface area contributed by atoms with Crippen LogP contribution in [0, 0.1) is 5.92 Å². The zero-order valence-corrected chi connectivity index (χ0v) is 14.0. The molecule has 0 unspecified atom stereocenters. The van der Waals surface area contributed by atoms with E-state index in [1.165, 1.54) is 6.33 Å². The van der Waals surface area contributed by atoms with Crippen LogP contribution in [0.3, 0.4) is 0 Å². The van der Waals surface area contributed by atoms with Gasteiger partial charge in [0.1, 0.15) is 12.7 Å². The molecule has 2 saturated heterocycles. The van der Waals surface area contributed by atoms with Crippen LogP contribution in [0.5, 0.6) is 0 Å². The molecule has 1 N–H and O–H groups in total. The van der Waals surface area contributed by atoms with E-state index in [-0.39, 0.29) is 24.0 Å². The number of amides is 3. The van der Waals surface area contributed by atoms with Gasteiger partial charge in [0, 0.05) is 32.1 Å². The van der Waals surface area contributed by atoms with E-state index in [0.717, 1.165) is 38.8 Å². The van der Waals surface area contributed by atoms with E-state index >= 15 is 0 Å². The predicted octanol–water partition coefficient (Wildman–Crippen LogP) is 0.461. The molecule has 3 aliphatic rings. The summed E-state index contributed by atoms with van der Waals surface area (Å²) >= 11 is 0. The molecule has 3 atom stereocenters. The molecule has 0 bridgehead atoms. The molecular formula is C16H24N6O2. The molecule has 0 spiro atoms. The van der Waals surface area contributed by atoms with Crippen LogP contribution in [0.2, 0.25) is 0 Å². The van der Waals surface area contributed by atoms with E-state index in [9.17, 15) is 9.59 Å². The van der Waals surface area contributed by atoms with Gasteiger partial charge in [-0.25, -0.2) is 9.78 Å². The van der Waals surface area contributed by atoms with Crippen LogP contribution in [0.1, 0.15) is 32.6 Å². The molecule has 3 fully saturated rings. The topological polar surface area (TPSA) is 83.4 Å². The summed E-state index contributed by atoms with van der Waals surface area (Å²) < 4.78 is 1.79. The van der Waals surface area contributed by atoms with Crippen molar-refractivity contribution in [3.63, 3.8) is 0 Å². The van der Waals surface area contributed by atoms with Crippen molar-refractivity contribution in [2.24, 2.45) is 5.92 Å². The maximum atomic E-state index is 12.3. The number of aromatic nitrogens is 3. The lowest BCUT2D eigenvalue weighted by Gasteiger charge is -2.38. The van der Waals surface area contributed by atoms with Crippen molar-refractivity contribution in [1.29, 1.82) is 0 Å². The second-order valence-corrected chi connectivity index (χ2v) is 7.22. The number of nitrogens with zero attached hydrogens (tertiary/aromatic N) is 5. The van der Waals surface area contributed by atoms with Crippen LogP contribution in [0.25, 0.3) is 0 Å². The largest absolute Gasteiger partial charge is 0.335 e. The summed E-state index contributed by atoms with van der Waals surface area (Å²) in [7, 11) is 0. The number of likely N-dealkylation sites (tertiary alicyclic amines) is 2. The molecule has 4 rings (SSSR count). The standard InChI is InChI=1S/C16H24N6O2/c1-11(23)22-14(8-21-10-17-9-18-21)6-12-7-20(5-4-15(12)22)16(24)19-13-2-3-13/h9-10,12-15H,2-8H2,1H3,(H,19,24)/t12-,14+,15+/m1/s1. The minimum atomic E-state index is 0.0602. The summed E-state index contributed by atoms with van der Waals surface area (Å²) in [4.78, 5) is 32.4. The molecule has 1 aromatic heterocycles. The molecule has 3 amide bonds. The van der Waals surface area contributed by atoms with E-state index in [4.69, 9.17) is 0 Å². The monoisotopic (exact) mass is 332 g/mol. The van der Waals surface area contributed by atoms with Crippen LogP contribution in [0.15, 0.2) is 12.7 Å². The van der Waals surface area contributed by atoms with Gasteiger partial charge in [0.25, 0.3) is 0 Å². The van der Waals surface area contributed by atoms with Crippen LogP contribution in [0.4, 0.5) is 4.79 Å². The fraction of sp³-hybridized carbons (Fsp3) is 0.750. The Kier molecular flexibility index (Phi) is 3.90. The third-order valence-electron chi connectivity index (χ3n) is 5.44. The summed E-state index contributed by atoms with van der Waals surface area (Å²) in [6, 6.07) is 0.810. The second-order valence-electron chi connectivity index (χ2n) is 7.22. The molecule has 1 aromatic rings. The minimum absolute atomic E-state index is 0.0602. The first-order valence-corrected chi connectivity index (χ1v) is 8.78. The smallest absolute Gasteiger partial charge is 0.317 e. The van der Waals surface area contributed by atoms with Gasteiger partial charge in [0.15, 0.2) is 0 Å². The summed E-state index contributed by atoms with van der Waals surface area (Å²) in [6.07, 6.45) is 7.18. The maximum Gasteiger partial charge on any atom is 0.317 e. The Morgan fingerprint density at radius 2 is 2.12 bits per heavy atom. The molecule has 3 heterocycles. The quantitative estimate of drug-likeness (QED) is 0.872. The molecular weight excluding hydrogens is 308 g/mol. The average Bonchev–Trinajstić information content (AvgIpc) is 3.08. The van der Waals surface area contributed by atoms with Crippen LogP contribution in [-0.2, 0) is 11.3 Å². The molecule has 0 radical (unpaired) electrons. The van der Waals surface area contributed by atoms with Crippen molar-refractivity contribution in [3.05, 3.63) is 12.7 Å².